The van der Waals surface area contributed by atoms with Crippen LogP contribution >= 0.6 is 0 Å². The number of allylic oxidation sites excluding steroid dienone is 4. The van der Waals surface area contributed by atoms with E-state index in [2.05, 4.69) is 45.1 Å². The molecule has 1 unspecified atom stereocenters. The summed E-state index contributed by atoms with van der Waals surface area (Å²) >= 11 is 0. The van der Waals surface area contributed by atoms with E-state index in [1.807, 2.05) is 37.2 Å². The molecule has 9 heteroatoms. The van der Waals surface area contributed by atoms with E-state index in [9.17, 15) is 14.4 Å². The monoisotopic (exact) mass is 856 g/mol. The Morgan fingerprint density at radius 1 is 0.574 bits per heavy atom. The van der Waals surface area contributed by atoms with Crippen molar-refractivity contribution in [3.63, 3.8) is 0 Å². The maximum atomic E-state index is 13.1. The first-order valence-electron chi connectivity index (χ1n) is 24.5. The van der Waals surface area contributed by atoms with E-state index < -0.39 is 18.2 Å². The van der Waals surface area contributed by atoms with Gasteiger partial charge in [-0.25, -0.2) is 4.79 Å². The van der Waals surface area contributed by atoms with Gasteiger partial charge < -0.3 is 28.6 Å². The van der Waals surface area contributed by atoms with Crippen molar-refractivity contribution in [1.29, 1.82) is 0 Å². The Morgan fingerprint density at radius 3 is 1.66 bits per heavy atom. The number of hydrogen-bond acceptors (Lipinski definition) is 9. The predicted octanol–water partition coefficient (Wildman–Crippen LogP) is 13.3. The standard InChI is InChI=1S/C52H89NO8/c1-6-9-12-15-18-19-20-21-22-23-24-25-26-27-30-36-49(54)59-43-47(45-61-52(56)48-35-33-34-46(41-48)42-53(4)5)44-60-50(55)37-38-51(57-39-31-28-16-13-10-7-2)58-40-32-29-17-14-11-8-3/h18-19,21-22,33-35,41,47,51H,6-17,20,23-32,36-40,42-45H2,1-5H3. The highest BCUT2D eigenvalue weighted by atomic mass is 16.7. The number of carbonyl (C=O) groups excluding carboxylic acids is 3. The maximum absolute atomic E-state index is 13.1. The van der Waals surface area contributed by atoms with Gasteiger partial charge in [0.25, 0.3) is 0 Å². The lowest BCUT2D eigenvalue weighted by molar-refractivity contribution is -0.161. The molecule has 0 fully saturated rings. The Morgan fingerprint density at radius 2 is 1.07 bits per heavy atom. The molecule has 0 saturated carbocycles. The normalized spacial score (nSPS) is 12.2. The Balaban J connectivity index is 2.63. The highest BCUT2D eigenvalue weighted by Crippen LogP contribution is 2.15. The summed E-state index contributed by atoms with van der Waals surface area (Å²) in [7, 11) is 3.95. The molecular formula is C52H89NO8. The number of hydrogen-bond donors (Lipinski definition) is 0. The predicted molar refractivity (Wildman–Crippen MR) is 251 cm³/mol. The van der Waals surface area contributed by atoms with Crippen LogP contribution in [0.2, 0.25) is 0 Å². The Hall–Kier alpha value is -3.01. The van der Waals surface area contributed by atoms with Crippen LogP contribution in [0.5, 0.6) is 0 Å². The average molecular weight is 856 g/mol. The van der Waals surface area contributed by atoms with Crippen molar-refractivity contribution in [2.24, 2.45) is 5.92 Å². The lowest BCUT2D eigenvalue weighted by Crippen LogP contribution is -2.27. The van der Waals surface area contributed by atoms with E-state index in [-0.39, 0.29) is 38.2 Å². The fourth-order valence-electron chi connectivity index (χ4n) is 6.87. The van der Waals surface area contributed by atoms with Gasteiger partial charge in [0.05, 0.1) is 17.9 Å². The van der Waals surface area contributed by atoms with Crippen LogP contribution in [-0.2, 0) is 39.8 Å². The quantitative estimate of drug-likeness (QED) is 0.0209. The molecule has 0 bridgehead atoms. The molecule has 0 spiro atoms. The fourth-order valence-corrected chi connectivity index (χ4v) is 6.87. The molecule has 0 aliphatic rings. The van der Waals surface area contributed by atoms with Gasteiger partial charge in [-0.05, 0) is 83.2 Å². The molecule has 0 heterocycles. The van der Waals surface area contributed by atoms with Gasteiger partial charge in [0.1, 0.15) is 19.8 Å². The molecule has 1 rings (SSSR count). The van der Waals surface area contributed by atoms with Crippen molar-refractivity contribution in [1.82, 2.24) is 4.90 Å². The van der Waals surface area contributed by atoms with Crippen molar-refractivity contribution in [3.8, 4) is 0 Å². The average Bonchev–Trinajstić information content (AvgIpc) is 3.25. The summed E-state index contributed by atoms with van der Waals surface area (Å²) < 4.78 is 29.3. The topological polar surface area (TPSA) is 101 Å². The number of rotatable bonds is 42. The molecule has 1 atom stereocenters. The van der Waals surface area contributed by atoms with E-state index in [1.165, 1.54) is 77.0 Å². The van der Waals surface area contributed by atoms with E-state index in [0.717, 1.165) is 76.2 Å². The molecule has 0 amide bonds. The number of carbonyl (C=O) groups is 3. The Bertz CT molecular complexity index is 1250. The maximum Gasteiger partial charge on any atom is 0.338 e. The minimum atomic E-state index is -0.505. The lowest BCUT2D eigenvalue weighted by Gasteiger charge is -2.20. The third-order valence-corrected chi connectivity index (χ3v) is 10.6. The molecule has 350 valence electrons. The second kappa shape index (κ2) is 41.0. The number of esters is 3. The van der Waals surface area contributed by atoms with E-state index in [0.29, 0.717) is 38.2 Å². The smallest absolute Gasteiger partial charge is 0.338 e. The molecule has 9 nitrogen and oxygen atoms in total. The SMILES string of the molecule is CCCCCC=CCC=CCCCCCCCC(=O)OCC(COC(=O)CCC(OCCCCCCCC)OCCCCCCCC)COC(=O)c1cccc(CN(C)C)c1. The minimum Gasteiger partial charge on any atom is -0.465 e. The summed E-state index contributed by atoms with van der Waals surface area (Å²) in [5, 5.41) is 0. The van der Waals surface area contributed by atoms with Crippen LogP contribution in [0.3, 0.4) is 0 Å². The van der Waals surface area contributed by atoms with Gasteiger partial charge in [-0.3, -0.25) is 9.59 Å². The van der Waals surface area contributed by atoms with Crippen LogP contribution in [0.25, 0.3) is 0 Å². The first-order chi connectivity index (χ1) is 29.8. The van der Waals surface area contributed by atoms with Gasteiger partial charge in [0.2, 0.25) is 0 Å². The summed E-state index contributed by atoms with van der Waals surface area (Å²) in [5.41, 5.74) is 1.44. The third kappa shape index (κ3) is 35.2. The third-order valence-electron chi connectivity index (χ3n) is 10.6. The second-order valence-corrected chi connectivity index (χ2v) is 17.0. The molecule has 0 aliphatic carbocycles. The second-order valence-electron chi connectivity index (χ2n) is 17.0. The molecule has 61 heavy (non-hydrogen) atoms. The number of unbranched alkanes of at least 4 members (excludes halogenated alkanes) is 18. The largest absolute Gasteiger partial charge is 0.465 e. The van der Waals surface area contributed by atoms with Crippen molar-refractivity contribution in [3.05, 3.63) is 59.7 Å². The molecule has 0 N–H and O–H groups in total. The zero-order chi connectivity index (χ0) is 44.4. The number of benzene rings is 1. The zero-order valence-electron chi connectivity index (χ0n) is 39.6. The molecule has 1 aromatic rings. The summed E-state index contributed by atoms with van der Waals surface area (Å²) in [4.78, 5) is 40.9. The summed E-state index contributed by atoms with van der Waals surface area (Å²) in [6.07, 6.45) is 35.8. The molecule has 0 aromatic heterocycles. The minimum absolute atomic E-state index is 0.00825. The van der Waals surface area contributed by atoms with Crippen molar-refractivity contribution in [2.45, 2.75) is 201 Å². The number of nitrogens with zero attached hydrogens (tertiary/aromatic N) is 1. The Labute approximate surface area is 373 Å². The molecular weight excluding hydrogens is 767 g/mol. The molecule has 0 aliphatic heterocycles. The van der Waals surface area contributed by atoms with Gasteiger partial charge in [-0.2, -0.15) is 0 Å². The van der Waals surface area contributed by atoms with Crippen molar-refractivity contribution < 1.29 is 38.1 Å². The van der Waals surface area contributed by atoms with E-state index >= 15 is 0 Å². The van der Waals surface area contributed by atoms with Crippen molar-refractivity contribution in [2.75, 3.05) is 47.1 Å². The summed E-state index contributed by atoms with van der Waals surface area (Å²) in [5.74, 6) is -1.66. The van der Waals surface area contributed by atoms with Crippen LogP contribution in [0, 0.1) is 5.92 Å². The molecule has 0 saturated heterocycles. The Kier molecular flexibility index (Phi) is 37.7. The van der Waals surface area contributed by atoms with Crippen molar-refractivity contribution >= 4 is 17.9 Å². The first kappa shape index (κ1) is 56.0. The van der Waals surface area contributed by atoms with Crippen LogP contribution in [-0.4, -0.2) is 76.2 Å². The number of ether oxygens (including phenoxy) is 5. The van der Waals surface area contributed by atoms with Gasteiger partial charge in [-0.1, -0.05) is 154 Å². The lowest BCUT2D eigenvalue weighted by atomic mass is 10.1. The molecule has 0 radical (unpaired) electrons. The van der Waals surface area contributed by atoms with Gasteiger partial charge in [0, 0.05) is 32.6 Å². The summed E-state index contributed by atoms with van der Waals surface area (Å²) in [6, 6.07) is 7.35. The van der Waals surface area contributed by atoms with Crippen LogP contribution in [0.4, 0.5) is 0 Å². The van der Waals surface area contributed by atoms with Gasteiger partial charge in [0.15, 0.2) is 6.29 Å². The van der Waals surface area contributed by atoms with Crippen LogP contribution in [0.15, 0.2) is 48.6 Å². The summed E-state index contributed by atoms with van der Waals surface area (Å²) in [6.45, 7) is 8.48. The zero-order valence-corrected chi connectivity index (χ0v) is 39.6. The first-order valence-corrected chi connectivity index (χ1v) is 24.5. The van der Waals surface area contributed by atoms with E-state index in [1.54, 1.807) is 6.07 Å². The highest BCUT2D eigenvalue weighted by Gasteiger charge is 2.20. The fraction of sp³-hybridized carbons (Fsp3) is 0.750. The van der Waals surface area contributed by atoms with Crippen LogP contribution < -0.4 is 0 Å². The van der Waals surface area contributed by atoms with Crippen LogP contribution in [0.1, 0.15) is 204 Å². The van der Waals surface area contributed by atoms with E-state index in [4.69, 9.17) is 23.7 Å². The molecule has 1 aromatic carbocycles. The van der Waals surface area contributed by atoms with Gasteiger partial charge >= 0.3 is 17.9 Å². The highest BCUT2D eigenvalue weighted by molar-refractivity contribution is 5.89. The van der Waals surface area contributed by atoms with Gasteiger partial charge in [-0.15, -0.1) is 0 Å².